The van der Waals surface area contributed by atoms with Crippen LogP contribution < -0.4 is 5.73 Å². The van der Waals surface area contributed by atoms with Crippen LogP contribution in [-0.4, -0.2) is 47.4 Å². The number of hydrogen-bond donors (Lipinski definition) is 2. The van der Waals surface area contributed by atoms with Crippen molar-refractivity contribution in [3.63, 3.8) is 0 Å². The van der Waals surface area contributed by atoms with Crippen molar-refractivity contribution in [2.75, 3.05) is 26.3 Å². The molecule has 104 valence electrons. The monoisotopic (exact) mass is 284 g/mol. The van der Waals surface area contributed by atoms with Gasteiger partial charge in [-0.1, -0.05) is 18.3 Å². The van der Waals surface area contributed by atoms with E-state index in [4.69, 9.17) is 27.8 Å². The maximum absolute atomic E-state index is 13.5. The molecule has 0 saturated carbocycles. The maximum atomic E-state index is 13.5. The fourth-order valence-corrected chi connectivity index (χ4v) is 2.31. The van der Waals surface area contributed by atoms with E-state index >= 15 is 0 Å². The van der Waals surface area contributed by atoms with Crippen molar-refractivity contribution < 1.29 is 14.2 Å². The Morgan fingerprint density at radius 2 is 2.37 bits per heavy atom. The van der Waals surface area contributed by atoms with E-state index in [1.807, 2.05) is 0 Å². The average molecular weight is 284 g/mol. The van der Waals surface area contributed by atoms with Crippen LogP contribution >= 0.6 is 12.2 Å². The number of nitrogens with zero attached hydrogens (tertiary/aromatic N) is 1. The molecule has 1 heterocycles. The number of aliphatic hydroxyl groups excluding tert-OH is 1. The first-order chi connectivity index (χ1) is 9.10. The molecule has 6 heteroatoms. The first kappa shape index (κ1) is 14.3. The highest BCUT2D eigenvalue weighted by atomic mass is 32.1. The van der Waals surface area contributed by atoms with Crippen LogP contribution in [0, 0.1) is 5.82 Å². The summed E-state index contributed by atoms with van der Waals surface area (Å²) >= 11 is 4.82. The molecule has 0 aliphatic carbocycles. The molecule has 1 saturated heterocycles. The zero-order valence-electron chi connectivity index (χ0n) is 10.5. The lowest BCUT2D eigenvalue weighted by Gasteiger charge is -2.32. The molecular weight excluding hydrogens is 267 g/mol. The number of morpholine rings is 1. The molecule has 1 fully saturated rings. The van der Waals surface area contributed by atoms with Crippen molar-refractivity contribution in [3.05, 3.63) is 35.1 Å². The summed E-state index contributed by atoms with van der Waals surface area (Å²) in [4.78, 5) is 2.22. The zero-order valence-corrected chi connectivity index (χ0v) is 11.3. The van der Waals surface area contributed by atoms with Crippen LogP contribution in [0.25, 0.3) is 0 Å². The third kappa shape index (κ3) is 3.70. The molecule has 1 aliphatic heterocycles. The van der Waals surface area contributed by atoms with Crippen molar-refractivity contribution >= 4 is 17.2 Å². The predicted molar refractivity (Wildman–Crippen MR) is 74.4 cm³/mol. The second-order valence-corrected chi connectivity index (χ2v) is 5.03. The van der Waals surface area contributed by atoms with E-state index in [0.717, 1.165) is 12.1 Å². The van der Waals surface area contributed by atoms with Crippen molar-refractivity contribution in [2.24, 2.45) is 5.73 Å². The van der Waals surface area contributed by atoms with Gasteiger partial charge >= 0.3 is 0 Å². The van der Waals surface area contributed by atoms with Crippen LogP contribution in [0.15, 0.2) is 18.2 Å². The molecule has 0 spiro atoms. The van der Waals surface area contributed by atoms with Gasteiger partial charge in [-0.2, -0.15) is 0 Å². The summed E-state index contributed by atoms with van der Waals surface area (Å²) in [5, 5.41) is 9.09. The lowest BCUT2D eigenvalue weighted by Crippen LogP contribution is -2.43. The van der Waals surface area contributed by atoms with Crippen molar-refractivity contribution in [1.82, 2.24) is 4.90 Å². The Hall–Kier alpha value is -1.08. The van der Waals surface area contributed by atoms with Crippen LogP contribution in [0.3, 0.4) is 0 Å². The Morgan fingerprint density at radius 3 is 3.05 bits per heavy atom. The summed E-state index contributed by atoms with van der Waals surface area (Å²) in [6.07, 6.45) is -0.149. The topological polar surface area (TPSA) is 58.7 Å². The number of rotatable bonds is 4. The largest absolute Gasteiger partial charge is 0.394 e. The van der Waals surface area contributed by atoms with Gasteiger partial charge in [-0.15, -0.1) is 0 Å². The number of hydrogen-bond acceptors (Lipinski definition) is 4. The van der Waals surface area contributed by atoms with E-state index in [0.29, 0.717) is 19.7 Å². The van der Waals surface area contributed by atoms with E-state index in [2.05, 4.69) is 4.90 Å². The summed E-state index contributed by atoms with van der Waals surface area (Å²) in [5.74, 6) is -0.397. The Bertz CT molecular complexity index is 470. The van der Waals surface area contributed by atoms with E-state index in [-0.39, 0.29) is 23.3 Å². The maximum Gasteiger partial charge on any atom is 0.133 e. The third-order valence-electron chi connectivity index (χ3n) is 3.13. The molecular formula is C13H17FN2O2S. The lowest BCUT2D eigenvalue weighted by atomic mass is 10.1. The van der Waals surface area contributed by atoms with Gasteiger partial charge in [-0.3, -0.25) is 4.90 Å². The first-order valence-corrected chi connectivity index (χ1v) is 6.54. The van der Waals surface area contributed by atoms with Gasteiger partial charge in [-0.25, -0.2) is 4.39 Å². The van der Waals surface area contributed by atoms with Crippen LogP contribution in [0.1, 0.15) is 11.1 Å². The Labute approximate surface area is 117 Å². The normalized spacial score (nSPS) is 20.4. The molecule has 0 amide bonds. The molecule has 1 aromatic rings. The van der Waals surface area contributed by atoms with Gasteiger partial charge in [0.15, 0.2) is 0 Å². The average Bonchev–Trinajstić information content (AvgIpc) is 2.41. The van der Waals surface area contributed by atoms with E-state index < -0.39 is 5.82 Å². The second-order valence-electron chi connectivity index (χ2n) is 4.59. The first-order valence-electron chi connectivity index (χ1n) is 6.13. The summed E-state index contributed by atoms with van der Waals surface area (Å²) in [5.41, 5.74) is 6.71. The van der Waals surface area contributed by atoms with Crippen LogP contribution in [0.4, 0.5) is 4.39 Å². The second kappa shape index (κ2) is 6.38. The van der Waals surface area contributed by atoms with Crippen LogP contribution in [-0.2, 0) is 11.3 Å². The van der Waals surface area contributed by atoms with E-state index in [9.17, 15) is 4.39 Å². The molecule has 3 N–H and O–H groups in total. The minimum absolute atomic E-state index is 0.0120. The van der Waals surface area contributed by atoms with Gasteiger partial charge in [-0.05, 0) is 17.7 Å². The molecule has 1 unspecified atom stereocenters. The molecule has 4 nitrogen and oxygen atoms in total. The van der Waals surface area contributed by atoms with Gasteiger partial charge in [0.25, 0.3) is 0 Å². The van der Waals surface area contributed by atoms with Crippen molar-refractivity contribution in [3.8, 4) is 0 Å². The molecule has 1 atom stereocenters. The van der Waals surface area contributed by atoms with Crippen molar-refractivity contribution in [2.45, 2.75) is 12.6 Å². The predicted octanol–water partition coefficient (Wildman–Crippen LogP) is 0.653. The minimum atomic E-state index is -0.397. The summed E-state index contributed by atoms with van der Waals surface area (Å²) in [6, 6.07) is 4.79. The lowest BCUT2D eigenvalue weighted by molar-refractivity contribution is -0.0551. The van der Waals surface area contributed by atoms with Gasteiger partial charge in [0, 0.05) is 25.2 Å². The van der Waals surface area contributed by atoms with Crippen LogP contribution in [0.2, 0.25) is 0 Å². The molecule has 19 heavy (non-hydrogen) atoms. The molecule has 0 radical (unpaired) electrons. The highest BCUT2D eigenvalue weighted by Gasteiger charge is 2.20. The summed E-state index contributed by atoms with van der Waals surface area (Å²) < 4.78 is 18.9. The van der Waals surface area contributed by atoms with E-state index in [1.54, 1.807) is 12.1 Å². The number of nitrogens with two attached hydrogens (primary N) is 1. The van der Waals surface area contributed by atoms with Gasteiger partial charge in [0.1, 0.15) is 10.8 Å². The number of aliphatic hydroxyl groups is 1. The highest BCUT2D eigenvalue weighted by molar-refractivity contribution is 7.80. The van der Waals surface area contributed by atoms with Gasteiger partial charge in [0.05, 0.1) is 19.3 Å². The number of ether oxygens (including phenoxy) is 1. The van der Waals surface area contributed by atoms with E-state index in [1.165, 1.54) is 6.07 Å². The molecule has 2 rings (SSSR count). The molecule has 1 aromatic carbocycles. The number of benzene rings is 1. The van der Waals surface area contributed by atoms with Gasteiger partial charge < -0.3 is 15.6 Å². The Balaban J connectivity index is 2.06. The smallest absolute Gasteiger partial charge is 0.133 e. The zero-order chi connectivity index (χ0) is 13.8. The number of thiocarbonyl (C=S) groups is 1. The SMILES string of the molecule is NC(=S)c1cc(CN2CCOC(CO)C2)ccc1F. The highest BCUT2D eigenvalue weighted by Crippen LogP contribution is 2.14. The fourth-order valence-electron chi connectivity index (χ4n) is 2.15. The Morgan fingerprint density at radius 1 is 1.58 bits per heavy atom. The van der Waals surface area contributed by atoms with Crippen LogP contribution in [0.5, 0.6) is 0 Å². The summed E-state index contributed by atoms with van der Waals surface area (Å²) in [7, 11) is 0. The standard InChI is InChI=1S/C13H17FN2O2S/c14-12-2-1-9(5-11(12)13(15)19)6-16-3-4-18-10(7-16)8-17/h1-2,5,10,17H,3-4,6-8H2,(H2,15,19). The Kier molecular flexibility index (Phi) is 4.81. The van der Waals surface area contributed by atoms with Crippen molar-refractivity contribution in [1.29, 1.82) is 0 Å². The summed E-state index contributed by atoms with van der Waals surface area (Å²) in [6.45, 7) is 2.72. The molecule has 0 bridgehead atoms. The number of halogens is 1. The third-order valence-corrected chi connectivity index (χ3v) is 3.35. The van der Waals surface area contributed by atoms with Gasteiger partial charge in [0.2, 0.25) is 0 Å². The minimum Gasteiger partial charge on any atom is -0.394 e. The fraction of sp³-hybridized carbons (Fsp3) is 0.462. The molecule has 0 aromatic heterocycles. The molecule has 1 aliphatic rings. The quantitative estimate of drug-likeness (QED) is 0.795.